The molecule has 0 aliphatic rings. The molecule has 0 saturated carbocycles. The number of methoxy groups -OCH3 is 2. The van der Waals surface area contributed by atoms with Crippen molar-refractivity contribution in [3.05, 3.63) is 97.1 Å². The van der Waals surface area contributed by atoms with Gasteiger partial charge < -0.3 is 14.5 Å². The number of aromatic nitrogens is 2. The average molecular weight is 422 g/mol. The van der Waals surface area contributed by atoms with Crippen molar-refractivity contribution in [2.45, 2.75) is 0 Å². The monoisotopic (exact) mass is 421 g/mol. The Hall–Kier alpha value is -4.09. The number of ether oxygens (including phenoxy) is 2. The van der Waals surface area contributed by atoms with Crippen molar-refractivity contribution in [1.29, 1.82) is 0 Å². The Morgan fingerprint density at radius 3 is 1.62 bits per heavy atom. The number of aromatic amines is 1. The molecule has 0 fully saturated rings. The lowest BCUT2D eigenvalue weighted by atomic mass is 10.1. The molecule has 32 heavy (non-hydrogen) atoms. The fourth-order valence-electron chi connectivity index (χ4n) is 3.77. The standard InChI is InChI=1S/C27H23N3O2/c1-31-23-15-11-21(12-16-23)30(22-13-17-24(32-2)18-14-22)20-9-7-19(8-10-20)27-28-25-5-3-4-6-26(25)29-27/h3-18H,1-2H3,(H,28,29)/q+1. The third-order valence-electron chi connectivity index (χ3n) is 5.45. The number of hydrogen-bond donors (Lipinski definition) is 1. The molecule has 5 aromatic rings. The second kappa shape index (κ2) is 8.57. The average Bonchev–Trinajstić information content (AvgIpc) is 3.30. The van der Waals surface area contributed by atoms with E-state index in [1.165, 1.54) is 0 Å². The zero-order chi connectivity index (χ0) is 21.9. The minimum Gasteiger partial charge on any atom is -0.497 e. The molecule has 5 rings (SSSR count). The fourth-order valence-corrected chi connectivity index (χ4v) is 3.77. The van der Waals surface area contributed by atoms with Crippen LogP contribution >= 0.6 is 0 Å². The highest BCUT2D eigenvalue weighted by molar-refractivity contribution is 5.79. The number of benzene rings is 4. The van der Waals surface area contributed by atoms with Crippen LogP contribution in [0.3, 0.4) is 0 Å². The van der Waals surface area contributed by atoms with Crippen LogP contribution in [0.1, 0.15) is 0 Å². The molecule has 5 nitrogen and oxygen atoms in total. The molecular formula is C27H23N3O2+. The molecule has 5 heteroatoms. The third kappa shape index (κ3) is 3.82. The van der Waals surface area contributed by atoms with Gasteiger partial charge in [0.05, 0.1) is 25.3 Å². The molecule has 0 atom stereocenters. The van der Waals surface area contributed by atoms with E-state index in [-0.39, 0.29) is 0 Å². The van der Waals surface area contributed by atoms with Gasteiger partial charge in [-0.15, -0.1) is 0 Å². The smallest absolute Gasteiger partial charge is 0.192 e. The maximum absolute atomic E-state index is 5.33. The Morgan fingerprint density at radius 2 is 1.12 bits per heavy atom. The van der Waals surface area contributed by atoms with Crippen molar-refractivity contribution in [2.24, 2.45) is 0 Å². The lowest BCUT2D eigenvalue weighted by molar-refractivity contribution is 0.414. The van der Waals surface area contributed by atoms with Gasteiger partial charge in [-0.05, 0) is 48.5 Å². The number of hydrogen-bond acceptors (Lipinski definition) is 4. The molecule has 0 saturated heterocycles. The normalized spacial score (nSPS) is 11.1. The predicted molar refractivity (Wildman–Crippen MR) is 129 cm³/mol. The molecule has 0 bridgehead atoms. The molecule has 1 aromatic heterocycles. The largest absolute Gasteiger partial charge is 0.497 e. The van der Waals surface area contributed by atoms with Crippen LogP contribution in [0.2, 0.25) is 0 Å². The van der Waals surface area contributed by atoms with Crippen LogP contribution in [-0.4, -0.2) is 24.2 Å². The highest BCUT2D eigenvalue weighted by atomic mass is 16.5. The van der Waals surface area contributed by atoms with Crippen molar-refractivity contribution in [3.63, 3.8) is 0 Å². The molecule has 0 aliphatic carbocycles. The number of H-pyrrole nitrogens is 1. The summed E-state index contributed by atoms with van der Waals surface area (Å²) in [6, 6.07) is 32.5. The van der Waals surface area contributed by atoms with Crippen LogP contribution in [0.5, 0.6) is 11.5 Å². The molecule has 0 aliphatic heterocycles. The Labute approximate surface area is 186 Å². The van der Waals surface area contributed by atoms with Gasteiger partial charge in [0, 0.05) is 42.0 Å². The van der Waals surface area contributed by atoms with E-state index in [9.17, 15) is 0 Å². The summed E-state index contributed by atoms with van der Waals surface area (Å²) in [5.74, 6) is 2.51. The number of rotatable bonds is 6. The van der Waals surface area contributed by atoms with Gasteiger partial charge in [-0.1, -0.05) is 17.0 Å². The van der Waals surface area contributed by atoms with Crippen molar-refractivity contribution in [3.8, 4) is 22.9 Å². The van der Waals surface area contributed by atoms with E-state index in [4.69, 9.17) is 14.5 Å². The van der Waals surface area contributed by atoms with E-state index in [0.717, 1.165) is 51.0 Å². The molecule has 0 amide bonds. The summed E-state index contributed by atoms with van der Waals surface area (Å²) in [5, 5.41) is 0. The van der Waals surface area contributed by atoms with E-state index in [0.29, 0.717) is 0 Å². The van der Waals surface area contributed by atoms with Gasteiger partial charge in [-0.2, -0.15) is 0 Å². The molecule has 0 spiro atoms. The first-order valence-electron chi connectivity index (χ1n) is 10.4. The Bertz CT molecular complexity index is 1240. The van der Waals surface area contributed by atoms with Crippen molar-refractivity contribution in [1.82, 2.24) is 14.9 Å². The summed E-state index contributed by atoms with van der Waals surface area (Å²) in [6.07, 6.45) is 0. The van der Waals surface area contributed by atoms with E-state index >= 15 is 0 Å². The van der Waals surface area contributed by atoms with Gasteiger partial charge >= 0.3 is 0 Å². The van der Waals surface area contributed by atoms with Crippen LogP contribution in [0.4, 0.5) is 17.1 Å². The van der Waals surface area contributed by atoms with E-state index in [2.05, 4.69) is 58.4 Å². The van der Waals surface area contributed by atoms with E-state index < -0.39 is 0 Å². The van der Waals surface area contributed by atoms with Gasteiger partial charge in [-0.25, -0.2) is 4.98 Å². The van der Waals surface area contributed by atoms with Crippen LogP contribution in [-0.2, 0) is 0 Å². The lowest BCUT2D eigenvalue weighted by Gasteiger charge is -2.12. The van der Waals surface area contributed by atoms with Gasteiger partial charge in [0.25, 0.3) is 0 Å². The lowest BCUT2D eigenvalue weighted by Crippen LogP contribution is -2.11. The fraction of sp³-hybridized carbons (Fsp3) is 0.0741. The van der Waals surface area contributed by atoms with Crippen LogP contribution < -0.4 is 14.4 Å². The first-order valence-corrected chi connectivity index (χ1v) is 10.4. The number of nitrogens with one attached hydrogen (secondary N) is 1. The SMILES string of the molecule is COc1ccc([N+](c2ccc(OC)cc2)c2ccc(-c3nc4ccccc4[nH]3)cc2)cc1. The Morgan fingerprint density at radius 1 is 0.625 bits per heavy atom. The molecule has 157 valence electrons. The van der Waals surface area contributed by atoms with Crippen molar-refractivity contribution in [2.75, 3.05) is 14.2 Å². The first-order chi connectivity index (χ1) is 15.7. The minimum atomic E-state index is 0.823. The number of anilines is 3. The molecule has 4 aromatic carbocycles. The predicted octanol–water partition coefficient (Wildman–Crippen LogP) is 6.68. The molecular weight excluding hydrogens is 398 g/mol. The summed E-state index contributed by atoms with van der Waals surface area (Å²) in [6.45, 7) is 0. The van der Waals surface area contributed by atoms with E-state index in [1.807, 2.05) is 48.5 Å². The molecule has 0 unspecified atom stereocenters. The first kappa shape index (κ1) is 19.8. The minimum absolute atomic E-state index is 0.823. The third-order valence-corrected chi connectivity index (χ3v) is 5.45. The summed E-state index contributed by atoms with van der Waals surface area (Å²) >= 11 is 0. The van der Waals surface area contributed by atoms with Crippen LogP contribution in [0, 0.1) is 0 Å². The van der Waals surface area contributed by atoms with E-state index in [1.54, 1.807) is 14.2 Å². The van der Waals surface area contributed by atoms with Gasteiger partial charge in [0.1, 0.15) is 17.3 Å². The van der Waals surface area contributed by atoms with Gasteiger partial charge in [-0.3, -0.25) is 0 Å². The number of imidazole rings is 1. The Balaban J connectivity index is 1.53. The maximum Gasteiger partial charge on any atom is 0.192 e. The van der Waals surface area contributed by atoms with Crippen molar-refractivity contribution < 1.29 is 9.47 Å². The zero-order valence-corrected chi connectivity index (χ0v) is 17.9. The van der Waals surface area contributed by atoms with Crippen LogP contribution in [0.15, 0.2) is 97.1 Å². The Kier molecular flexibility index (Phi) is 5.32. The maximum atomic E-state index is 5.33. The number of para-hydroxylation sites is 2. The molecule has 1 heterocycles. The number of fused-ring (bicyclic) bond motifs is 1. The highest BCUT2D eigenvalue weighted by Gasteiger charge is 2.26. The molecule has 1 N–H and O–H groups in total. The van der Waals surface area contributed by atoms with Gasteiger partial charge in [0.15, 0.2) is 17.1 Å². The quantitative estimate of drug-likeness (QED) is 0.311. The van der Waals surface area contributed by atoms with Crippen molar-refractivity contribution >= 4 is 28.1 Å². The molecule has 1 radical (unpaired) electrons. The number of nitrogens with zero attached hydrogens (tertiary/aromatic N) is 2. The summed E-state index contributed by atoms with van der Waals surface area (Å²) in [5.41, 5.74) is 6.14. The summed E-state index contributed by atoms with van der Waals surface area (Å²) in [7, 11) is 3.35. The highest BCUT2D eigenvalue weighted by Crippen LogP contribution is 2.36. The second-order valence-electron chi connectivity index (χ2n) is 7.38. The summed E-state index contributed by atoms with van der Waals surface area (Å²) in [4.78, 5) is 10.3. The second-order valence-corrected chi connectivity index (χ2v) is 7.38. The summed E-state index contributed by atoms with van der Waals surface area (Å²) < 4.78 is 10.7. The van der Waals surface area contributed by atoms with Gasteiger partial charge in [0.2, 0.25) is 0 Å². The topological polar surface area (TPSA) is 53.0 Å². The van der Waals surface area contributed by atoms with Crippen LogP contribution in [0.25, 0.3) is 22.4 Å². The zero-order valence-electron chi connectivity index (χ0n) is 17.9.